The van der Waals surface area contributed by atoms with Crippen molar-refractivity contribution in [2.24, 2.45) is 0 Å². The molecule has 3 heterocycles. The highest BCUT2D eigenvalue weighted by Crippen LogP contribution is 2.35. The molecule has 112 valence electrons. The van der Waals surface area contributed by atoms with Gasteiger partial charge >= 0.3 is 0 Å². The van der Waals surface area contributed by atoms with Gasteiger partial charge in [-0.05, 0) is 31.0 Å². The minimum Gasteiger partial charge on any atom is -0.311 e. The highest BCUT2D eigenvalue weighted by molar-refractivity contribution is 8.03. The number of hydrogen-bond acceptors (Lipinski definition) is 8. The van der Waals surface area contributed by atoms with Gasteiger partial charge in [-0.3, -0.25) is 4.40 Å². The molecule has 3 aromatic rings. The summed E-state index contributed by atoms with van der Waals surface area (Å²) in [5, 5.41) is 14.9. The van der Waals surface area contributed by atoms with E-state index >= 15 is 0 Å². The molecule has 0 aliphatic carbocycles. The van der Waals surface area contributed by atoms with Crippen LogP contribution in [0.3, 0.4) is 0 Å². The molecule has 9 heteroatoms. The predicted molar refractivity (Wildman–Crippen MR) is 90.9 cm³/mol. The average molecular weight is 358 g/mol. The second-order valence-electron chi connectivity index (χ2n) is 4.24. The third-order valence-corrected chi connectivity index (χ3v) is 6.52. The first-order valence-electron chi connectivity index (χ1n) is 6.52. The first-order chi connectivity index (χ1) is 10.3. The number of thioether (sulfide) groups is 1. The number of thiazole rings is 1. The van der Waals surface area contributed by atoms with Crippen molar-refractivity contribution < 1.29 is 0 Å². The predicted octanol–water partition coefficient (Wildman–Crippen LogP) is 3.62. The quantitative estimate of drug-likeness (QED) is 0.515. The van der Waals surface area contributed by atoms with Gasteiger partial charge in [0.2, 0.25) is 0 Å². The average Bonchev–Trinajstić information content (AvgIpc) is 3.17. The Kier molecular flexibility index (Phi) is 5.17. The Balaban J connectivity index is 1.85. The summed E-state index contributed by atoms with van der Waals surface area (Å²) >= 11 is 6.50. The van der Waals surface area contributed by atoms with E-state index in [0.717, 1.165) is 38.2 Å². The van der Waals surface area contributed by atoms with Gasteiger partial charge < -0.3 is 5.32 Å². The second-order valence-corrected chi connectivity index (χ2v) is 8.38. The summed E-state index contributed by atoms with van der Waals surface area (Å²) in [5.41, 5.74) is 1.20. The lowest BCUT2D eigenvalue weighted by molar-refractivity contribution is 0.653. The molecule has 0 aliphatic rings. The van der Waals surface area contributed by atoms with Crippen LogP contribution in [-0.4, -0.2) is 32.4 Å². The van der Waals surface area contributed by atoms with Gasteiger partial charge in [-0.15, -0.1) is 21.5 Å². The van der Waals surface area contributed by atoms with Crippen LogP contribution in [0.5, 0.6) is 0 Å². The van der Waals surface area contributed by atoms with Crippen LogP contribution in [0.2, 0.25) is 0 Å². The molecular weight excluding hydrogens is 342 g/mol. The molecule has 0 fully saturated rings. The zero-order chi connectivity index (χ0) is 14.7. The minimum absolute atomic E-state index is 0.822. The molecule has 0 unspecified atom stereocenters. The minimum atomic E-state index is 0.822. The maximum absolute atomic E-state index is 4.72. The van der Waals surface area contributed by atoms with E-state index in [-0.39, 0.29) is 0 Å². The third-order valence-electron chi connectivity index (χ3n) is 2.79. The van der Waals surface area contributed by atoms with Crippen molar-refractivity contribution in [1.29, 1.82) is 0 Å². The van der Waals surface area contributed by atoms with Crippen molar-refractivity contribution in [1.82, 2.24) is 24.9 Å². The third kappa shape index (κ3) is 3.42. The smallest absolute Gasteiger partial charge is 0.194 e. The molecular formula is C12H15N5S4. The van der Waals surface area contributed by atoms with E-state index in [0.29, 0.717) is 0 Å². The summed E-state index contributed by atoms with van der Waals surface area (Å²) in [5.74, 6) is 0. The lowest BCUT2D eigenvalue weighted by Gasteiger charge is -2.04. The summed E-state index contributed by atoms with van der Waals surface area (Å²) in [7, 11) is 0. The highest BCUT2D eigenvalue weighted by Gasteiger charge is 2.16. The maximum atomic E-state index is 4.72. The molecule has 5 nitrogen and oxygen atoms in total. The summed E-state index contributed by atoms with van der Waals surface area (Å²) < 4.78 is 4.10. The normalized spacial score (nSPS) is 11.5. The Morgan fingerprint density at radius 2 is 2.19 bits per heavy atom. The van der Waals surface area contributed by atoms with Crippen molar-refractivity contribution in [3.8, 4) is 0 Å². The highest BCUT2D eigenvalue weighted by atomic mass is 32.2. The number of rotatable bonds is 7. The topological polar surface area (TPSA) is 55.1 Å². The van der Waals surface area contributed by atoms with E-state index in [2.05, 4.69) is 38.4 Å². The summed E-state index contributed by atoms with van der Waals surface area (Å²) in [6, 6.07) is 0. The van der Waals surface area contributed by atoms with Crippen LogP contribution in [0.1, 0.15) is 19.0 Å². The van der Waals surface area contributed by atoms with Gasteiger partial charge in [0, 0.05) is 18.1 Å². The monoisotopic (exact) mass is 357 g/mol. The fourth-order valence-corrected chi connectivity index (χ4v) is 5.10. The Hall–Kier alpha value is -0.610. The molecule has 0 aromatic carbocycles. The fourth-order valence-electron chi connectivity index (χ4n) is 1.84. The Morgan fingerprint density at radius 1 is 1.33 bits per heavy atom. The molecule has 0 atom stereocenters. The fraction of sp³-hybridized carbons (Fsp3) is 0.417. The Bertz CT molecular complexity index is 716. The van der Waals surface area contributed by atoms with Crippen molar-refractivity contribution in [3.63, 3.8) is 0 Å². The molecule has 21 heavy (non-hydrogen) atoms. The number of fused-ring (bicyclic) bond motifs is 1. The summed E-state index contributed by atoms with van der Waals surface area (Å²) in [4.78, 5) is 5.75. The van der Waals surface area contributed by atoms with Crippen LogP contribution in [0.4, 0.5) is 0 Å². The van der Waals surface area contributed by atoms with E-state index in [1.807, 2.05) is 6.26 Å². The van der Waals surface area contributed by atoms with E-state index in [4.69, 9.17) is 4.98 Å². The second kappa shape index (κ2) is 7.10. The molecule has 3 aromatic heterocycles. The van der Waals surface area contributed by atoms with Crippen LogP contribution in [0.25, 0.3) is 4.96 Å². The number of nitrogens with zero attached hydrogens (tertiary/aromatic N) is 4. The van der Waals surface area contributed by atoms with Crippen LogP contribution < -0.4 is 5.32 Å². The van der Waals surface area contributed by atoms with Crippen molar-refractivity contribution >= 4 is 51.2 Å². The van der Waals surface area contributed by atoms with Crippen LogP contribution in [0, 0.1) is 0 Å². The molecule has 0 amide bonds. The molecule has 0 saturated heterocycles. The van der Waals surface area contributed by atoms with Gasteiger partial charge in [0.05, 0.1) is 5.69 Å². The Labute approximate surface area is 139 Å². The van der Waals surface area contributed by atoms with E-state index in [1.54, 1.807) is 46.2 Å². The van der Waals surface area contributed by atoms with E-state index in [1.165, 1.54) is 5.69 Å². The van der Waals surface area contributed by atoms with Gasteiger partial charge in [-0.1, -0.05) is 30.0 Å². The van der Waals surface area contributed by atoms with Gasteiger partial charge in [-0.25, -0.2) is 4.98 Å². The molecule has 0 spiro atoms. The standard InChI is InChI=1S/C12H15N5S4/c1-3-4-13-7-8-9(14-10-17(8)5-6-19-10)20-12-16-15-11(18-2)21-12/h5-6,13H,3-4,7H2,1-2H3. The van der Waals surface area contributed by atoms with Crippen LogP contribution in [-0.2, 0) is 6.54 Å². The molecule has 0 aliphatic heterocycles. The van der Waals surface area contributed by atoms with Gasteiger partial charge in [0.15, 0.2) is 13.6 Å². The van der Waals surface area contributed by atoms with Crippen molar-refractivity contribution in [2.45, 2.75) is 33.6 Å². The Morgan fingerprint density at radius 3 is 2.95 bits per heavy atom. The van der Waals surface area contributed by atoms with Crippen LogP contribution in [0.15, 0.2) is 25.3 Å². The molecule has 0 radical (unpaired) electrons. The molecule has 0 saturated carbocycles. The van der Waals surface area contributed by atoms with E-state index < -0.39 is 0 Å². The van der Waals surface area contributed by atoms with Crippen molar-refractivity contribution in [3.05, 3.63) is 17.3 Å². The number of nitrogens with one attached hydrogen (secondary N) is 1. The number of imidazole rings is 1. The lowest BCUT2D eigenvalue weighted by Crippen LogP contribution is -2.15. The molecule has 1 N–H and O–H groups in total. The zero-order valence-electron chi connectivity index (χ0n) is 11.7. The summed E-state index contributed by atoms with van der Waals surface area (Å²) in [6.07, 6.45) is 5.22. The van der Waals surface area contributed by atoms with Crippen molar-refractivity contribution in [2.75, 3.05) is 12.8 Å². The van der Waals surface area contributed by atoms with Gasteiger partial charge in [0.1, 0.15) is 5.03 Å². The number of aromatic nitrogens is 4. The molecule has 0 bridgehead atoms. The first kappa shape index (κ1) is 15.3. The van der Waals surface area contributed by atoms with Gasteiger partial charge in [0.25, 0.3) is 0 Å². The first-order valence-corrected chi connectivity index (χ1v) is 10.3. The summed E-state index contributed by atoms with van der Waals surface area (Å²) in [6.45, 7) is 4.00. The van der Waals surface area contributed by atoms with Crippen LogP contribution >= 0.6 is 46.2 Å². The maximum Gasteiger partial charge on any atom is 0.194 e. The number of hydrogen-bond donors (Lipinski definition) is 1. The van der Waals surface area contributed by atoms with Gasteiger partial charge in [-0.2, -0.15) is 0 Å². The SMILES string of the molecule is CCCNCc1c(Sc2nnc(SC)s2)nc2sccn12. The largest absolute Gasteiger partial charge is 0.311 e. The zero-order valence-corrected chi connectivity index (χ0v) is 15.0. The lowest BCUT2D eigenvalue weighted by atomic mass is 10.4. The molecule has 3 rings (SSSR count). The van der Waals surface area contributed by atoms with E-state index in [9.17, 15) is 0 Å².